The second kappa shape index (κ2) is 5.34. The van der Waals surface area contributed by atoms with Crippen LogP contribution in [0.15, 0.2) is 0 Å². The van der Waals surface area contributed by atoms with Crippen LogP contribution in [0.1, 0.15) is 44.9 Å². The minimum Gasteiger partial charge on any atom is -0.313 e. The van der Waals surface area contributed by atoms with Crippen LogP contribution in [0, 0.1) is 5.92 Å². The molecule has 2 aliphatic carbocycles. The quantitative estimate of drug-likeness (QED) is 0.787. The second-order valence-electron chi connectivity index (χ2n) is 7.36. The molecule has 2 aliphatic heterocycles. The molecule has 4 rings (SSSR count). The fourth-order valence-electron chi connectivity index (χ4n) is 4.04. The first-order valence-corrected chi connectivity index (χ1v) is 8.60. The highest BCUT2D eigenvalue weighted by Gasteiger charge is 2.38. The van der Waals surface area contributed by atoms with Crippen molar-refractivity contribution in [3.05, 3.63) is 0 Å². The van der Waals surface area contributed by atoms with E-state index < -0.39 is 0 Å². The summed E-state index contributed by atoms with van der Waals surface area (Å²) in [5, 5.41) is 3.70. The maximum absolute atomic E-state index is 3.70. The molecule has 0 amide bonds. The molecule has 2 saturated carbocycles. The Hall–Kier alpha value is -0.120. The molecule has 0 aromatic heterocycles. The highest BCUT2D eigenvalue weighted by atomic mass is 15.3. The van der Waals surface area contributed by atoms with Crippen LogP contribution in [0.5, 0.6) is 0 Å². The van der Waals surface area contributed by atoms with E-state index in [0.717, 1.165) is 24.0 Å². The Labute approximate surface area is 117 Å². The van der Waals surface area contributed by atoms with Gasteiger partial charge in [-0.25, -0.2) is 0 Å². The molecule has 2 heterocycles. The molecular formula is C16H29N3. The molecule has 19 heavy (non-hydrogen) atoms. The number of rotatable bonds is 6. The van der Waals surface area contributed by atoms with E-state index in [4.69, 9.17) is 0 Å². The van der Waals surface area contributed by atoms with E-state index in [1.165, 1.54) is 77.7 Å². The zero-order valence-corrected chi connectivity index (χ0v) is 12.2. The predicted molar refractivity (Wildman–Crippen MR) is 78.3 cm³/mol. The average Bonchev–Trinajstić information content (AvgIpc) is 3.33. The van der Waals surface area contributed by atoms with E-state index >= 15 is 0 Å². The molecule has 4 aliphatic rings. The van der Waals surface area contributed by atoms with Gasteiger partial charge in [-0.05, 0) is 57.4 Å². The van der Waals surface area contributed by atoms with E-state index in [1.807, 2.05) is 0 Å². The van der Waals surface area contributed by atoms with Gasteiger partial charge in [0, 0.05) is 44.3 Å². The lowest BCUT2D eigenvalue weighted by molar-refractivity contribution is 0.169. The number of nitrogens with zero attached hydrogens (tertiary/aromatic N) is 2. The van der Waals surface area contributed by atoms with Crippen molar-refractivity contribution in [2.45, 2.75) is 63.1 Å². The van der Waals surface area contributed by atoms with Gasteiger partial charge in [0.25, 0.3) is 0 Å². The van der Waals surface area contributed by atoms with Gasteiger partial charge in [0.05, 0.1) is 0 Å². The van der Waals surface area contributed by atoms with Crippen molar-refractivity contribution < 1.29 is 0 Å². The summed E-state index contributed by atoms with van der Waals surface area (Å²) < 4.78 is 0. The molecule has 2 unspecified atom stereocenters. The monoisotopic (exact) mass is 263 g/mol. The largest absolute Gasteiger partial charge is 0.313 e. The second-order valence-corrected chi connectivity index (χ2v) is 7.36. The molecule has 0 bridgehead atoms. The summed E-state index contributed by atoms with van der Waals surface area (Å²) in [4.78, 5) is 5.63. The Bertz CT molecular complexity index is 305. The smallest absolute Gasteiger partial charge is 0.0236 e. The molecule has 2 atom stereocenters. The summed E-state index contributed by atoms with van der Waals surface area (Å²) >= 11 is 0. The highest BCUT2D eigenvalue weighted by Crippen LogP contribution is 2.34. The number of hydrogen-bond acceptors (Lipinski definition) is 3. The maximum Gasteiger partial charge on any atom is 0.0236 e. The SMILES string of the molecule is C1CNC(CN(CC2CC2)C2CCN(C3CC3)C2)C1. The number of nitrogens with one attached hydrogen (secondary N) is 1. The van der Waals surface area contributed by atoms with Gasteiger partial charge in [-0.1, -0.05) is 0 Å². The van der Waals surface area contributed by atoms with Crippen LogP contribution < -0.4 is 5.32 Å². The summed E-state index contributed by atoms with van der Waals surface area (Å²) in [6, 6.07) is 2.62. The van der Waals surface area contributed by atoms with E-state index in [1.54, 1.807) is 0 Å². The molecule has 1 N–H and O–H groups in total. The van der Waals surface area contributed by atoms with Gasteiger partial charge in [0.15, 0.2) is 0 Å². The van der Waals surface area contributed by atoms with Crippen molar-refractivity contribution in [3.8, 4) is 0 Å². The van der Waals surface area contributed by atoms with E-state index in [2.05, 4.69) is 15.1 Å². The molecule has 108 valence electrons. The molecule has 0 aromatic rings. The Morgan fingerprint density at radius 2 is 1.89 bits per heavy atom. The first-order valence-electron chi connectivity index (χ1n) is 8.60. The highest BCUT2D eigenvalue weighted by molar-refractivity contribution is 4.95. The minimum absolute atomic E-state index is 0.786. The predicted octanol–water partition coefficient (Wildman–Crippen LogP) is 1.69. The topological polar surface area (TPSA) is 18.5 Å². The standard InChI is InChI=1S/C16H29N3/c1-2-14(17-8-1)11-19(10-13-3-4-13)16-7-9-18(12-16)15-5-6-15/h13-17H,1-12H2. The van der Waals surface area contributed by atoms with Crippen LogP contribution in [-0.4, -0.2) is 60.6 Å². The van der Waals surface area contributed by atoms with E-state index in [9.17, 15) is 0 Å². The number of hydrogen-bond donors (Lipinski definition) is 1. The molecular weight excluding hydrogens is 234 g/mol. The normalized spacial score (nSPS) is 36.5. The van der Waals surface area contributed by atoms with Crippen molar-refractivity contribution in [1.82, 2.24) is 15.1 Å². The lowest BCUT2D eigenvalue weighted by Crippen LogP contribution is -2.45. The fraction of sp³-hybridized carbons (Fsp3) is 1.00. The van der Waals surface area contributed by atoms with Crippen LogP contribution in [0.2, 0.25) is 0 Å². The molecule has 3 nitrogen and oxygen atoms in total. The molecule has 3 heteroatoms. The molecule has 0 spiro atoms. The van der Waals surface area contributed by atoms with Crippen molar-refractivity contribution in [1.29, 1.82) is 0 Å². The lowest BCUT2D eigenvalue weighted by atomic mass is 10.1. The third-order valence-corrected chi connectivity index (χ3v) is 5.58. The van der Waals surface area contributed by atoms with E-state index in [-0.39, 0.29) is 0 Å². The first-order chi connectivity index (χ1) is 9.38. The molecule has 4 fully saturated rings. The summed E-state index contributed by atoms with van der Waals surface area (Å²) in [5.74, 6) is 1.04. The van der Waals surface area contributed by atoms with Gasteiger partial charge in [-0.3, -0.25) is 9.80 Å². The summed E-state index contributed by atoms with van der Waals surface area (Å²) in [7, 11) is 0. The first kappa shape index (κ1) is 12.6. The van der Waals surface area contributed by atoms with E-state index in [0.29, 0.717) is 0 Å². The fourth-order valence-corrected chi connectivity index (χ4v) is 4.04. The van der Waals surface area contributed by atoms with Crippen molar-refractivity contribution >= 4 is 0 Å². The van der Waals surface area contributed by atoms with Crippen LogP contribution in [0.25, 0.3) is 0 Å². The van der Waals surface area contributed by atoms with Gasteiger partial charge in [-0.15, -0.1) is 0 Å². The van der Waals surface area contributed by atoms with Gasteiger partial charge >= 0.3 is 0 Å². The van der Waals surface area contributed by atoms with Crippen LogP contribution >= 0.6 is 0 Å². The van der Waals surface area contributed by atoms with Crippen LogP contribution in [-0.2, 0) is 0 Å². The third kappa shape index (κ3) is 3.14. The summed E-state index contributed by atoms with van der Waals surface area (Å²) in [5.41, 5.74) is 0. The van der Waals surface area contributed by atoms with Crippen LogP contribution in [0.4, 0.5) is 0 Å². The number of likely N-dealkylation sites (tertiary alicyclic amines) is 1. The van der Waals surface area contributed by atoms with Crippen molar-refractivity contribution in [3.63, 3.8) is 0 Å². The zero-order chi connectivity index (χ0) is 12.7. The van der Waals surface area contributed by atoms with Crippen LogP contribution in [0.3, 0.4) is 0 Å². The van der Waals surface area contributed by atoms with Gasteiger partial charge in [-0.2, -0.15) is 0 Å². The van der Waals surface area contributed by atoms with Crippen molar-refractivity contribution in [2.75, 3.05) is 32.7 Å². The minimum atomic E-state index is 0.786. The summed E-state index contributed by atoms with van der Waals surface area (Å²) in [6.45, 7) is 6.69. The lowest BCUT2D eigenvalue weighted by Gasteiger charge is -2.31. The maximum atomic E-state index is 3.70. The summed E-state index contributed by atoms with van der Waals surface area (Å²) in [6.07, 6.45) is 10.2. The Kier molecular flexibility index (Phi) is 3.55. The molecule has 0 radical (unpaired) electrons. The Morgan fingerprint density at radius 3 is 2.58 bits per heavy atom. The van der Waals surface area contributed by atoms with Gasteiger partial charge in [0.2, 0.25) is 0 Å². The Morgan fingerprint density at radius 1 is 1.00 bits per heavy atom. The van der Waals surface area contributed by atoms with Gasteiger partial charge in [0.1, 0.15) is 0 Å². The zero-order valence-electron chi connectivity index (χ0n) is 12.2. The van der Waals surface area contributed by atoms with Crippen molar-refractivity contribution in [2.24, 2.45) is 5.92 Å². The third-order valence-electron chi connectivity index (χ3n) is 5.58. The average molecular weight is 263 g/mol. The Balaban J connectivity index is 1.34. The van der Waals surface area contributed by atoms with Gasteiger partial charge < -0.3 is 5.32 Å². The molecule has 2 saturated heterocycles. The molecule has 0 aromatic carbocycles.